The number of nitrogens with one attached hydrogen (secondary N) is 1. The molecule has 2 rings (SSSR count). The SMILES string of the molecule is CN1CC(=O)N(CCCC(=O)Nc2ccc(F)c([N+](=O)[O-])c2)C1=O. The van der Waals surface area contributed by atoms with E-state index in [1.165, 1.54) is 18.0 Å². The maximum atomic E-state index is 13.2. The molecule has 4 amide bonds. The molecule has 1 aliphatic rings. The van der Waals surface area contributed by atoms with E-state index in [0.717, 1.165) is 17.0 Å². The average molecular weight is 338 g/mol. The van der Waals surface area contributed by atoms with E-state index in [-0.39, 0.29) is 37.5 Å². The van der Waals surface area contributed by atoms with E-state index in [4.69, 9.17) is 0 Å². The van der Waals surface area contributed by atoms with Gasteiger partial charge in [-0.25, -0.2) is 4.79 Å². The summed E-state index contributed by atoms with van der Waals surface area (Å²) in [6.45, 7) is 0.128. The molecule has 1 aromatic rings. The summed E-state index contributed by atoms with van der Waals surface area (Å²) in [5, 5.41) is 13.1. The molecule has 1 aliphatic heterocycles. The first-order valence-corrected chi connectivity index (χ1v) is 7.09. The van der Waals surface area contributed by atoms with Gasteiger partial charge in [0.2, 0.25) is 17.6 Å². The van der Waals surface area contributed by atoms with Crippen molar-refractivity contribution in [3.63, 3.8) is 0 Å². The van der Waals surface area contributed by atoms with Crippen LogP contribution in [0.5, 0.6) is 0 Å². The standard InChI is InChI=1S/C14H15FN4O5/c1-17-8-13(21)18(14(17)22)6-2-3-12(20)16-9-4-5-10(15)11(7-9)19(23)24/h4-5,7H,2-3,6,8H2,1H3,(H,16,20). The lowest BCUT2D eigenvalue weighted by atomic mass is 10.2. The van der Waals surface area contributed by atoms with Crippen LogP contribution in [0.3, 0.4) is 0 Å². The quantitative estimate of drug-likeness (QED) is 0.478. The van der Waals surface area contributed by atoms with Crippen molar-refractivity contribution in [3.05, 3.63) is 34.1 Å². The van der Waals surface area contributed by atoms with E-state index in [2.05, 4.69) is 5.32 Å². The smallest absolute Gasteiger partial charge is 0.326 e. The van der Waals surface area contributed by atoms with Gasteiger partial charge in [-0.3, -0.25) is 24.6 Å². The lowest BCUT2D eigenvalue weighted by molar-refractivity contribution is -0.387. The van der Waals surface area contributed by atoms with Gasteiger partial charge in [0.05, 0.1) is 4.92 Å². The highest BCUT2D eigenvalue weighted by Gasteiger charge is 2.32. The van der Waals surface area contributed by atoms with Crippen LogP contribution in [0.25, 0.3) is 0 Å². The van der Waals surface area contributed by atoms with Gasteiger partial charge in [0, 0.05) is 31.8 Å². The summed E-state index contributed by atoms with van der Waals surface area (Å²) in [7, 11) is 1.51. The minimum atomic E-state index is -0.992. The number of nitro groups is 1. The number of carbonyl (C=O) groups is 3. The fourth-order valence-electron chi connectivity index (χ4n) is 2.24. The molecule has 1 fully saturated rings. The van der Waals surface area contributed by atoms with Crippen molar-refractivity contribution in [1.82, 2.24) is 9.80 Å². The predicted molar refractivity (Wildman–Crippen MR) is 80.7 cm³/mol. The molecule has 0 atom stereocenters. The maximum Gasteiger partial charge on any atom is 0.326 e. The lowest BCUT2D eigenvalue weighted by Crippen LogP contribution is -2.32. The second kappa shape index (κ2) is 7.02. The topological polar surface area (TPSA) is 113 Å². The van der Waals surface area contributed by atoms with Gasteiger partial charge in [0.1, 0.15) is 6.54 Å². The van der Waals surface area contributed by atoms with Gasteiger partial charge in [-0.15, -0.1) is 0 Å². The average Bonchev–Trinajstić information content (AvgIpc) is 2.75. The van der Waals surface area contributed by atoms with Crippen molar-refractivity contribution in [3.8, 4) is 0 Å². The van der Waals surface area contributed by atoms with Gasteiger partial charge < -0.3 is 10.2 Å². The van der Waals surface area contributed by atoms with Gasteiger partial charge in [-0.1, -0.05) is 0 Å². The van der Waals surface area contributed by atoms with Crippen LogP contribution < -0.4 is 5.32 Å². The Morgan fingerprint density at radius 3 is 2.71 bits per heavy atom. The highest BCUT2D eigenvalue weighted by molar-refractivity contribution is 6.01. The second-order valence-electron chi connectivity index (χ2n) is 5.26. The molecule has 0 radical (unpaired) electrons. The van der Waals surface area contributed by atoms with Crippen molar-refractivity contribution in [2.45, 2.75) is 12.8 Å². The van der Waals surface area contributed by atoms with Crippen LogP contribution in [0.1, 0.15) is 12.8 Å². The molecule has 0 unspecified atom stereocenters. The van der Waals surface area contributed by atoms with Crippen LogP contribution in [0.4, 0.5) is 20.6 Å². The zero-order valence-electron chi connectivity index (χ0n) is 12.8. The minimum absolute atomic E-state index is 0.00590. The Balaban J connectivity index is 1.86. The molecular weight excluding hydrogens is 323 g/mol. The molecule has 24 heavy (non-hydrogen) atoms. The predicted octanol–water partition coefficient (Wildman–Crippen LogP) is 1.35. The number of likely N-dealkylation sites (N-methyl/N-ethyl adjacent to an activating group) is 1. The number of anilines is 1. The van der Waals surface area contributed by atoms with E-state index in [1.807, 2.05) is 0 Å². The number of halogens is 1. The van der Waals surface area contributed by atoms with Crippen molar-refractivity contribution < 1.29 is 23.7 Å². The van der Waals surface area contributed by atoms with Crippen LogP contribution in [-0.4, -0.2) is 52.7 Å². The summed E-state index contributed by atoms with van der Waals surface area (Å²) in [4.78, 5) is 47.1. The summed E-state index contributed by atoms with van der Waals surface area (Å²) >= 11 is 0. The normalized spacial score (nSPS) is 14.2. The van der Waals surface area contributed by atoms with Gasteiger partial charge in [-0.2, -0.15) is 4.39 Å². The Morgan fingerprint density at radius 1 is 1.42 bits per heavy atom. The van der Waals surface area contributed by atoms with Crippen molar-refractivity contribution >= 4 is 29.2 Å². The van der Waals surface area contributed by atoms with E-state index in [1.54, 1.807) is 0 Å². The number of nitro benzene ring substituents is 1. The number of imide groups is 1. The van der Waals surface area contributed by atoms with Crippen LogP contribution in [0.15, 0.2) is 18.2 Å². The molecular formula is C14H15FN4O5. The fraction of sp³-hybridized carbons (Fsp3) is 0.357. The van der Waals surface area contributed by atoms with Crippen LogP contribution >= 0.6 is 0 Å². The highest BCUT2D eigenvalue weighted by Crippen LogP contribution is 2.21. The fourth-order valence-corrected chi connectivity index (χ4v) is 2.24. The van der Waals surface area contributed by atoms with E-state index < -0.39 is 28.4 Å². The Kier molecular flexibility index (Phi) is 5.07. The first-order chi connectivity index (χ1) is 11.3. The molecule has 10 heteroatoms. The van der Waals surface area contributed by atoms with Crippen molar-refractivity contribution in [2.75, 3.05) is 25.5 Å². The van der Waals surface area contributed by atoms with Gasteiger partial charge in [0.15, 0.2) is 0 Å². The molecule has 0 aliphatic carbocycles. The Hall–Kier alpha value is -3.04. The largest absolute Gasteiger partial charge is 0.326 e. The number of urea groups is 1. The minimum Gasteiger partial charge on any atom is -0.326 e. The van der Waals surface area contributed by atoms with Crippen molar-refractivity contribution in [2.24, 2.45) is 0 Å². The van der Waals surface area contributed by atoms with E-state index in [0.29, 0.717) is 0 Å². The molecule has 0 aromatic heterocycles. The Bertz CT molecular complexity index is 708. The van der Waals surface area contributed by atoms with Gasteiger partial charge >= 0.3 is 11.7 Å². The third kappa shape index (κ3) is 3.83. The Morgan fingerprint density at radius 2 is 2.12 bits per heavy atom. The molecule has 1 saturated heterocycles. The van der Waals surface area contributed by atoms with Gasteiger partial charge in [-0.05, 0) is 18.6 Å². The number of rotatable bonds is 6. The zero-order valence-corrected chi connectivity index (χ0v) is 12.8. The third-order valence-corrected chi connectivity index (χ3v) is 3.44. The molecule has 0 spiro atoms. The molecule has 9 nitrogen and oxygen atoms in total. The van der Waals surface area contributed by atoms with Crippen LogP contribution in [-0.2, 0) is 9.59 Å². The Labute approximate surface area is 136 Å². The van der Waals surface area contributed by atoms with Crippen LogP contribution in [0.2, 0.25) is 0 Å². The first kappa shape index (κ1) is 17.3. The number of hydrogen-bond donors (Lipinski definition) is 1. The number of nitrogens with zero attached hydrogens (tertiary/aromatic N) is 3. The maximum absolute atomic E-state index is 13.2. The second-order valence-corrected chi connectivity index (χ2v) is 5.26. The molecule has 0 bridgehead atoms. The summed E-state index contributed by atoms with van der Waals surface area (Å²) in [6.07, 6.45) is 0.256. The highest BCUT2D eigenvalue weighted by atomic mass is 19.1. The summed E-state index contributed by atoms with van der Waals surface area (Å²) in [6, 6.07) is 2.62. The van der Waals surface area contributed by atoms with E-state index in [9.17, 15) is 28.9 Å². The first-order valence-electron chi connectivity index (χ1n) is 7.09. The molecule has 1 heterocycles. The summed E-state index contributed by atoms with van der Waals surface area (Å²) in [5.41, 5.74) is -0.634. The number of amides is 4. The lowest BCUT2D eigenvalue weighted by Gasteiger charge is -2.13. The van der Waals surface area contributed by atoms with E-state index >= 15 is 0 Å². The number of carbonyl (C=O) groups excluding carboxylic acids is 3. The summed E-state index contributed by atoms with van der Waals surface area (Å²) < 4.78 is 13.2. The molecule has 1 N–H and O–H groups in total. The van der Waals surface area contributed by atoms with Crippen LogP contribution in [0, 0.1) is 15.9 Å². The number of hydrogen-bond acceptors (Lipinski definition) is 5. The van der Waals surface area contributed by atoms with Gasteiger partial charge in [0.25, 0.3) is 0 Å². The molecule has 128 valence electrons. The summed E-state index contributed by atoms with van der Waals surface area (Å²) in [5.74, 6) is -1.77. The third-order valence-electron chi connectivity index (χ3n) is 3.44. The molecule has 1 aromatic carbocycles. The molecule has 0 saturated carbocycles. The van der Waals surface area contributed by atoms with Crippen molar-refractivity contribution in [1.29, 1.82) is 0 Å². The zero-order chi connectivity index (χ0) is 17.9. The number of benzene rings is 1. The monoisotopic (exact) mass is 338 g/mol.